The largest absolute Gasteiger partial charge is 0.465 e. The Hall–Kier alpha value is -3.90. The van der Waals surface area contributed by atoms with Gasteiger partial charge in [0.1, 0.15) is 0 Å². The molecule has 0 aromatic heterocycles. The van der Waals surface area contributed by atoms with Gasteiger partial charge in [-0.15, -0.1) is 0 Å². The number of carbonyl (C=O) groups excluding carboxylic acids is 2. The lowest BCUT2D eigenvalue weighted by atomic mass is 9.98. The van der Waals surface area contributed by atoms with Crippen LogP contribution in [0.3, 0.4) is 0 Å². The summed E-state index contributed by atoms with van der Waals surface area (Å²) in [7, 11) is 5.40. The van der Waals surface area contributed by atoms with E-state index in [-0.39, 0.29) is 5.91 Å². The first kappa shape index (κ1) is 21.3. The second-order valence-corrected chi connectivity index (χ2v) is 7.88. The van der Waals surface area contributed by atoms with E-state index in [0.717, 1.165) is 17.8 Å². The number of rotatable bonds is 6. The fourth-order valence-electron chi connectivity index (χ4n) is 3.75. The number of carbonyl (C=O) groups is 2. The van der Waals surface area contributed by atoms with Crippen LogP contribution in [0, 0.1) is 0 Å². The highest BCUT2D eigenvalue weighted by Gasteiger charge is 2.29. The highest BCUT2D eigenvalue weighted by atomic mass is 16.5. The number of hydrogen-bond acceptors (Lipinski definition) is 5. The van der Waals surface area contributed by atoms with Crippen LogP contribution in [-0.4, -0.2) is 38.0 Å². The van der Waals surface area contributed by atoms with Crippen LogP contribution in [0.2, 0.25) is 0 Å². The molecule has 162 valence electrons. The molecule has 6 heteroatoms. The Morgan fingerprint density at radius 2 is 1.69 bits per heavy atom. The van der Waals surface area contributed by atoms with Gasteiger partial charge < -0.3 is 20.3 Å². The molecule has 4 rings (SSSR count). The molecule has 0 fully saturated rings. The standard InChI is InChI=1S/C26H25N3O3/c1-29(2)16-17-9-12-20(13-10-17)27-24(18-7-5-4-6-8-18)23-21-15-19(26(31)32-3)11-14-22(21)28-25(23)30/h4-15,27H,16H2,1-3H3,(H,28,30)/b24-23-. The molecule has 0 aliphatic carbocycles. The number of ether oxygens (including phenoxy) is 1. The van der Waals surface area contributed by atoms with Crippen molar-refractivity contribution in [1.29, 1.82) is 0 Å². The van der Waals surface area contributed by atoms with E-state index in [1.54, 1.807) is 18.2 Å². The molecule has 3 aromatic rings. The van der Waals surface area contributed by atoms with Gasteiger partial charge in [-0.1, -0.05) is 42.5 Å². The molecule has 0 spiro atoms. The average Bonchev–Trinajstić information content (AvgIpc) is 3.13. The Kier molecular flexibility index (Phi) is 6.05. The van der Waals surface area contributed by atoms with Gasteiger partial charge in [0, 0.05) is 23.5 Å². The molecule has 6 nitrogen and oxygen atoms in total. The number of nitrogens with one attached hydrogen (secondary N) is 2. The Bertz CT molecular complexity index is 1180. The van der Waals surface area contributed by atoms with Crippen molar-refractivity contribution in [2.24, 2.45) is 0 Å². The van der Waals surface area contributed by atoms with E-state index < -0.39 is 5.97 Å². The highest BCUT2D eigenvalue weighted by molar-refractivity contribution is 6.37. The fourth-order valence-corrected chi connectivity index (χ4v) is 3.75. The second-order valence-electron chi connectivity index (χ2n) is 7.88. The van der Waals surface area contributed by atoms with Gasteiger partial charge in [0.25, 0.3) is 5.91 Å². The molecule has 1 aliphatic heterocycles. The minimum Gasteiger partial charge on any atom is -0.465 e. The lowest BCUT2D eigenvalue weighted by Gasteiger charge is -2.16. The average molecular weight is 428 g/mol. The zero-order valence-corrected chi connectivity index (χ0v) is 18.3. The summed E-state index contributed by atoms with van der Waals surface area (Å²) < 4.78 is 4.86. The first-order valence-corrected chi connectivity index (χ1v) is 10.3. The van der Waals surface area contributed by atoms with Crippen LogP contribution in [-0.2, 0) is 16.1 Å². The third-order valence-electron chi connectivity index (χ3n) is 5.22. The van der Waals surface area contributed by atoms with Crippen molar-refractivity contribution in [3.8, 4) is 0 Å². The molecule has 0 saturated carbocycles. The maximum atomic E-state index is 13.0. The molecule has 0 radical (unpaired) electrons. The molecule has 3 aromatic carbocycles. The molecule has 1 amide bonds. The third kappa shape index (κ3) is 4.40. The molecule has 0 atom stereocenters. The van der Waals surface area contributed by atoms with E-state index in [1.807, 2.05) is 56.6 Å². The molecule has 1 aliphatic rings. The third-order valence-corrected chi connectivity index (χ3v) is 5.22. The van der Waals surface area contributed by atoms with E-state index in [4.69, 9.17) is 4.74 Å². The smallest absolute Gasteiger partial charge is 0.337 e. The number of fused-ring (bicyclic) bond motifs is 1. The monoisotopic (exact) mass is 427 g/mol. The lowest BCUT2D eigenvalue weighted by molar-refractivity contribution is -0.110. The van der Waals surface area contributed by atoms with Crippen molar-refractivity contribution in [2.75, 3.05) is 31.8 Å². The number of methoxy groups -OCH3 is 1. The van der Waals surface area contributed by atoms with Crippen molar-refractivity contribution in [3.63, 3.8) is 0 Å². The number of amides is 1. The topological polar surface area (TPSA) is 70.7 Å². The van der Waals surface area contributed by atoms with Gasteiger partial charge in [0.2, 0.25) is 0 Å². The summed E-state index contributed by atoms with van der Waals surface area (Å²) in [6, 6.07) is 22.9. The molecule has 32 heavy (non-hydrogen) atoms. The van der Waals surface area contributed by atoms with Crippen LogP contribution in [0.5, 0.6) is 0 Å². The quantitative estimate of drug-likeness (QED) is 0.449. The molecular formula is C26H25N3O3. The first-order valence-electron chi connectivity index (χ1n) is 10.3. The van der Waals surface area contributed by atoms with E-state index in [9.17, 15) is 9.59 Å². The van der Waals surface area contributed by atoms with Crippen molar-refractivity contribution >= 4 is 34.5 Å². The zero-order chi connectivity index (χ0) is 22.7. The van der Waals surface area contributed by atoms with Crippen LogP contribution < -0.4 is 10.6 Å². The number of benzene rings is 3. The Morgan fingerprint density at radius 3 is 2.34 bits per heavy atom. The zero-order valence-electron chi connectivity index (χ0n) is 18.3. The maximum absolute atomic E-state index is 13.0. The summed E-state index contributed by atoms with van der Waals surface area (Å²) in [5.74, 6) is -0.671. The number of nitrogens with zero attached hydrogens (tertiary/aromatic N) is 1. The Labute approximate surface area is 187 Å². The number of esters is 1. The predicted octanol–water partition coefficient (Wildman–Crippen LogP) is 4.47. The second kappa shape index (κ2) is 9.08. The van der Waals surface area contributed by atoms with Gasteiger partial charge in [-0.05, 0) is 55.6 Å². The summed E-state index contributed by atoms with van der Waals surface area (Å²) >= 11 is 0. The molecule has 0 unspecified atom stereocenters. The number of anilines is 2. The van der Waals surface area contributed by atoms with E-state index in [1.165, 1.54) is 12.7 Å². The van der Waals surface area contributed by atoms with Gasteiger partial charge in [-0.2, -0.15) is 0 Å². The van der Waals surface area contributed by atoms with Crippen molar-refractivity contribution < 1.29 is 14.3 Å². The first-order chi connectivity index (χ1) is 15.5. The van der Waals surface area contributed by atoms with Crippen LogP contribution in [0.1, 0.15) is 27.0 Å². The summed E-state index contributed by atoms with van der Waals surface area (Å²) in [6.07, 6.45) is 0. The van der Waals surface area contributed by atoms with Crippen LogP contribution >= 0.6 is 0 Å². The Balaban J connectivity index is 1.81. The van der Waals surface area contributed by atoms with Gasteiger partial charge in [0.15, 0.2) is 0 Å². The van der Waals surface area contributed by atoms with E-state index >= 15 is 0 Å². The summed E-state index contributed by atoms with van der Waals surface area (Å²) in [5, 5.41) is 6.34. The lowest BCUT2D eigenvalue weighted by Crippen LogP contribution is -2.11. The van der Waals surface area contributed by atoms with E-state index in [2.05, 4.69) is 27.7 Å². The SMILES string of the molecule is COC(=O)c1ccc2c(c1)/C(=C(/Nc1ccc(CN(C)C)cc1)c1ccccc1)C(=O)N2. The molecule has 0 bridgehead atoms. The van der Waals surface area contributed by atoms with Crippen LogP contribution in [0.15, 0.2) is 72.8 Å². The van der Waals surface area contributed by atoms with Crippen molar-refractivity contribution in [3.05, 3.63) is 95.1 Å². The minimum atomic E-state index is -0.447. The van der Waals surface area contributed by atoms with Gasteiger partial charge >= 0.3 is 5.97 Å². The summed E-state index contributed by atoms with van der Waals surface area (Å²) in [5.41, 5.74) is 5.79. The molecule has 1 heterocycles. The van der Waals surface area contributed by atoms with E-state index in [0.29, 0.717) is 28.1 Å². The van der Waals surface area contributed by atoms with Gasteiger partial charge in [0.05, 0.1) is 23.9 Å². The Morgan fingerprint density at radius 1 is 0.969 bits per heavy atom. The van der Waals surface area contributed by atoms with Crippen LogP contribution in [0.4, 0.5) is 11.4 Å². The molecule has 0 saturated heterocycles. The van der Waals surface area contributed by atoms with Gasteiger partial charge in [-0.3, -0.25) is 4.79 Å². The molecule has 2 N–H and O–H groups in total. The normalized spacial score (nSPS) is 14.1. The van der Waals surface area contributed by atoms with Crippen molar-refractivity contribution in [1.82, 2.24) is 4.90 Å². The highest BCUT2D eigenvalue weighted by Crippen LogP contribution is 2.38. The van der Waals surface area contributed by atoms with Gasteiger partial charge in [-0.25, -0.2) is 4.79 Å². The molecular weight excluding hydrogens is 402 g/mol. The minimum absolute atomic E-state index is 0.224. The summed E-state index contributed by atoms with van der Waals surface area (Å²) in [4.78, 5) is 27.2. The fraction of sp³-hybridized carbons (Fsp3) is 0.154. The van der Waals surface area contributed by atoms with Crippen molar-refractivity contribution in [2.45, 2.75) is 6.54 Å². The summed E-state index contributed by atoms with van der Waals surface area (Å²) in [6.45, 7) is 0.846. The number of hydrogen-bond donors (Lipinski definition) is 2. The predicted molar refractivity (Wildman–Crippen MR) is 127 cm³/mol. The maximum Gasteiger partial charge on any atom is 0.337 e. The van der Waals surface area contributed by atoms with Crippen LogP contribution in [0.25, 0.3) is 11.3 Å².